The molecule has 3 rings (SSSR count). The third-order valence-electron chi connectivity index (χ3n) is 4.86. The summed E-state index contributed by atoms with van der Waals surface area (Å²) < 4.78 is 0. The van der Waals surface area contributed by atoms with Crippen LogP contribution in [0.1, 0.15) is 37.7 Å². The zero-order valence-corrected chi connectivity index (χ0v) is 14.9. The lowest BCUT2D eigenvalue weighted by atomic mass is 10.0. The number of aryl methyl sites for hydroxylation is 1. The van der Waals surface area contributed by atoms with Crippen molar-refractivity contribution >= 4 is 23.6 Å². The van der Waals surface area contributed by atoms with Gasteiger partial charge in [-0.25, -0.2) is 0 Å². The van der Waals surface area contributed by atoms with Crippen LogP contribution >= 0.6 is 11.8 Å². The van der Waals surface area contributed by atoms with Crippen LogP contribution < -0.4 is 5.32 Å². The maximum atomic E-state index is 12.4. The van der Waals surface area contributed by atoms with Crippen molar-refractivity contribution in [2.75, 3.05) is 18.8 Å². The van der Waals surface area contributed by atoms with Crippen molar-refractivity contribution in [3.63, 3.8) is 0 Å². The fourth-order valence-electron chi connectivity index (χ4n) is 3.42. The average molecular weight is 346 g/mol. The van der Waals surface area contributed by atoms with E-state index in [1.54, 1.807) is 11.8 Å². The maximum absolute atomic E-state index is 12.4. The van der Waals surface area contributed by atoms with Crippen LogP contribution in [0.15, 0.2) is 30.3 Å². The summed E-state index contributed by atoms with van der Waals surface area (Å²) in [4.78, 5) is 26.5. The molecule has 0 spiro atoms. The number of likely N-dealkylation sites (tertiary alicyclic amines) is 1. The molecule has 2 fully saturated rings. The molecule has 1 aromatic rings. The molecule has 5 heteroatoms. The Labute approximate surface area is 148 Å². The number of thioether (sulfide) groups is 1. The molecule has 1 atom stereocenters. The molecular weight excluding hydrogens is 320 g/mol. The van der Waals surface area contributed by atoms with Gasteiger partial charge in [-0.1, -0.05) is 30.3 Å². The Bertz CT molecular complexity index is 550. The number of nitrogens with one attached hydrogen (secondary N) is 1. The normalized spacial score (nSPS) is 21.7. The van der Waals surface area contributed by atoms with Crippen molar-refractivity contribution in [2.45, 2.75) is 49.8 Å². The third kappa shape index (κ3) is 4.76. The van der Waals surface area contributed by atoms with Crippen LogP contribution in [0, 0.1) is 0 Å². The maximum Gasteiger partial charge on any atom is 0.235 e. The van der Waals surface area contributed by atoms with E-state index in [0.717, 1.165) is 50.9 Å². The van der Waals surface area contributed by atoms with Crippen molar-refractivity contribution in [1.29, 1.82) is 0 Å². The van der Waals surface area contributed by atoms with Gasteiger partial charge in [-0.15, -0.1) is 11.8 Å². The van der Waals surface area contributed by atoms with E-state index in [-0.39, 0.29) is 17.2 Å². The molecule has 0 saturated carbocycles. The molecular formula is C19H26N2O2S. The van der Waals surface area contributed by atoms with Gasteiger partial charge in [0.25, 0.3) is 0 Å². The van der Waals surface area contributed by atoms with E-state index in [1.807, 2.05) is 23.1 Å². The smallest absolute Gasteiger partial charge is 0.235 e. The van der Waals surface area contributed by atoms with Crippen molar-refractivity contribution in [2.24, 2.45) is 0 Å². The number of piperidine rings is 1. The van der Waals surface area contributed by atoms with Crippen LogP contribution in [0.4, 0.5) is 0 Å². The molecule has 2 amide bonds. The van der Waals surface area contributed by atoms with E-state index in [9.17, 15) is 9.59 Å². The topological polar surface area (TPSA) is 49.4 Å². The Morgan fingerprint density at radius 2 is 1.88 bits per heavy atom. The van der Waals surface area contributed by atoms with Gasteiger partial charge in [-0.05, 0) is 43.4 Å². The molecule has 1 N–H and O–H groups in total. The molecule has 4 nitrogen and oxygen atoms in total. The lowest BCUT2D eigenvalue weighted by Gasteiger charge is -2.33. The second kappa shape index (κ2) is 8.56. The first kappa shape index (κ1) is 17.3. The molecule has 130 valence electrons. The van der Waals surface area contributed by atoms with Crippen LogP contribution in [0.25, 0.3) is 0 Å². The Morgan fingerprint density at radius 1 is 1.12 bits per heavy atom. The Hall–Kier alpha value is -1.49. The zero-order chi connectivity index (χ0) is 16.8. The van der Waals surface area contributed by atoms with Gasteiger partial charge in [0.1, 0.15) is 0 Å². The first-order valence-corrected chi connectivity index (χ1v) is 10.0. The van der Waals surface area contributed by atoms with Gasteiger partial charge >= 0.3 is 0 Å². The van der Waals surface area contributed by atoms with Gasteiger partial charge in [-0.2, -0.15) is 0 Å². The van der Waals surface area contributed by atoms with E-state index < -0.39 is 0 Å². The molecule has 2 heterocycles. The minimum Gasteiger partial charge on any atom is -0.353 e. The zero-order valence-electron chi connectivity index (χ0n) is 14.1. The number of carbonyl (C=O) groups excluding carboxylic acids is 2. The number of amides is 2. The van der Waals surface area contributed by atoms with Gasteiger partial charge in [0.15, 0.2) is 0 Å². The summed E-state index contributed by atoms with van der Waals surface area (Å²) in [5.74, 6) is 1.55. The molecule has 0 aliphatic carbocycles. The molecule has 0 radical (unpaired) electrons. The average Bonchev–Trinajstić information content (AvgIpc) is 3.16. The summed E-state index contributed by atoms with van der Waals surface area (Å²) in [7, 11) is 0. The summed E-state index contributed by atoms with van der Waals surface area (Å²) in [6.07, 6.45) is 5.25. The van der Waals surface area contributed by atoms with E-state index >= 15 is 0 Å². The van der Waals surface area contributed by atoms with Gasteiger partial charge in [0.2, 0.25) is 11.8 Å². The highest BCUT2D eigenvalue weighted by Gasteiger charge is 2.30. The lowest BCUT2D eigenvalue weighted by Crippen LogP contribution is -2.48. The van der Waals surface area contributed by atoms with Crippen LogP contribution in [0.2, 0.25) is 0 Å². The summed E-state index contributed by atoms with van der Waals surface area (Å²) in [6.45, 7) is 1.55. The minimum atomic E-state index is 0.120. The SMILES string of the molecule is O=C(CCc1ccccc1)NC1CCN(C(=O)[C@@H]2CCCS2)CC1. The molecule has 1 aromatic carbocycles. The van der Waals surface area contributed by atoms with E-state index in [2.05, 4.69) is 17.4 Å². The number of nitrogens with zero attached hydrogens (tertiary/aromatic N) is 1. The Morgan fingerprint density at radius 3 is 2.54 bits per heavy atom. The standard InChI is InChI=1S/C19H26N2O2S/c22-18(9-8-15-5-2-1-3-6-15)20-16-10-12-21(13-11-16)19(23)17-7-4-14-24-17/h1-3,5-6,16-17H,4,7-14H2,(H,20,22)/t17-/m0/s1. The molecule has 2 aliphatic rings. The minimum absolute atomic E-state index is 0.120. The molecule has 0 bridgehead atoms. The summed E-state index contributed by atoms with van der Waals surface area (Å²) in [6, 6.07) is 10.3. The van der Waals surface area contributed by atoms with Crippen LogP contribution in [-0.4, -0.2) is 46.8 Å². The predicted octanol–water partition coefficient (Wildman–Crippen LogP) is 2.62. The summed E-state index contributed by atoms with van der Waals surface area (Å²) in [5.41, 5.74) is 1.20. The first-order chi connectivity index (χ1) is 11.7. The highest BCUT2D eigenvalue weighted by molar-refractivity contribution is 8.00. The Balaban J connectivity index is 1.37. The van der Waals surface area contributed by atoms with Crippen LogP contribution in [0.5, 0.6) is 0 Å². The predicted molar refractivity (Wildman–Crippen MR) is 98.0 cm³/mol. The second-order valence-electron chi connectivity index (χ2n) is 6.65. The fraction of sp³-hybridized carbons (Fsp3) is 0.579. The van der Waals surface area contributed by atoms with Crippen LogP contribution in [-0.2, 0) is 16.0 Å². The largest absolute Gasteiger partial charge is 0.353 e. The number of hydrogen-bond acceptors (Lipinski definition) is 3. The van der Waals surface area contributed by atoms with Gasteiger partial charge in [-0.3, -0.25) is 9.59 Å². The van der Waals surface area contributed by atoms with Crippen LogP contribution in [0.3, 0.4) is 0 Å². The summed E-state index contributed by atoms with van der Waals surface area (Å²) in [5, 5.41) is 3.32. The second-order valence-corrected chi connectivity index (χ2v) is 7.96. The van der Waals surface area contributed by atoms with E-state index in [4.69, 9.17) is 0 Å². The van der Waals surface area contributed by atoms with Crippen molar-refractivity contribution in [3.05, 3.63) is 35.9 Å². The molecule has 0 aromatic heterocycles. The highest BCUT2D eigenvalue weighted by atomic mass is 32.2. The quantitative estimate of drug-likeness (QED) is 0.892. The molecule has 2 saturated heterocycles. The molecule has 0 unspecified atom stereocenters. The summed E-state index contributed by atoms with van der Waals surface area (Å²) >= 11 is 1.80. The number of hydrogen-bond donors (Lipinski definition) is 1. The van der Waals surface area contributed by atoms with Gasteiger partial charge in [0.05, 0.1) is 5.25 Å². The lowest BCUT2D eigenvalue weighted by molar-refractivity contribution is -0.131. The Kier molecular flexibility index (Phi) is 6.18. The van der Waals surface area contributed by atoms with Crippen molar-refractivity contribution < 1.29 is 9.59 Å². The van der Waals surface area contributed by atoms with Gasteiger partial charge < -0.3 is 10.2 Å². The number of rotatable bonds is 5. The third-order valence-corrected chi connectivity index (χ3v) is 6.22. The fourth-order valence-corrected chi connectivity index (χ4v) is 4.67. The highest BCUT2D eigenvalue weighted by Crippen LogP contribution is 2.28. The van der Waals surface area contributed by atoms with E-state index in [1.165, 1.54) is 5.56 Å². The molecule has 24 heavy (non-hydrogen) atoms. The molecule has 2 aliphatic heterocycles. The van der Waals surface area contributed by atoms with E-state index in [0.29, 0.717) is 12.3 Å². The van der Waals surface area contributed by atoms with Crippen molar-refractivity contribution in [3.8, 4) is 0 Å². The number of benzene rings is 1. The first-order valence-electron chi connectivity index (χ1n) is 8.96. The van der Waals surface area contributed by atoms with Gasteiger partial charge in [0, 0.05) is 25.6 Å². The monoisotopic (exact) mass is 346 g/mol. The number of carbonyl (C=O) groups is 2. The van der Waals surface area contributed by atoms with Crippen molar-refractivity contribution in [1.82, 2.24) is 10.2 Å².